The first-order chi connectivity index (χ1) is 13.0. The molecule has 0 atom stereocenters. The van der Waals surface area contributed by atoms with Gasteiger partial charge in [0.2, 0.25) is 0 Å². The van der Waals surface area contributed by atoms with E-state index in [1.54, 1.807) is 6.07 Å². The Labute approximate surface area is 156 Å². The second-order valence-electron chi connectivity index (χ2n) is 6.81. The number of nitrogen functional groups attached to an aromatic ring is 1. The van der Waals surface area contributed by atoms with Gasteiger partial charge in [0.25, 0.3) is 5.91 Å². The van der Waals surface area contributed by atoms with Gasteiger partial charge in [0.1, 0.15) is 23.7 Å². The molecule has 3 N–H and O–H groups in total. The molecule has 0 bridgehead atoms. The molecule has 0 aliphatic carbocycles. The molecule has 0 fully saturated rings. The summed E-state index contributed by atoms with van der Waals surface area (Å²) < 4.78 is 1.82. The van der Waals surface area contributed by atoms with Gasteiger partial charge in [-0.2, -0.15) is 5.10 Å². The first-order valence-corrected chi connectivity index (χ1v) is 8.98. The van der Waals surface area contributed by atoms with E-state index in [2.05, 4.69) is 20.3 Å². The third-order valence-corrected chi connectivity index (χ3v) is 4.54. The monoisotopic (exact) mass is 363 g/mol. The molecule has 4 rings (SSSR count). The fourth-order valence-corrected chi connectivity index (χ4v) is 3.21. The number of fused-ring (bicyclic) bond motifs is 1. The van der Waals surface area contributed by atoms with Crippen LogP contribution < -0.4 is 11.1 Å². The van der Waals surface area contributed by atoms with Crippen LogP contribution in [0.3, 0.4) is 0 Å². The summed E-state index contributed by atoms with van der Waals surface area (Å²) in [4.78, 5) is 25.3. The first-order valence-electron chi connectivity index (χ1n) is 8.98. The third-order valence-electron chi connectivity index (χ3n) is 4.54. The molecule has 138 valence electrons. The van der Waals surface area contributed by atoms with Crippen molar-refractivity contribution >= 4 is 28.6 Å². The van der Waals surface area contributed by atoms with Crippen LogP contribution >= 0.6 is 0 Å². The van der Waals surface area contributed by atoms with E-state index in [-0.39, 0.29) is 11.9 Å². The fraction of sp³-hybridized carbons (Fsp3) is 0.316. The largest absolute Gasteiger partial charge is 0.383 e. The van der Waals surface area contributed by atoms with Crippen LogP contribution in [0.25, 0.3) is 22.3 Å². The molecule has 1 aliphatic heterocycles. The maximum atomic E-state index is 12.6. The van der Waals surface area contributed by atoms with Gasteiger partial charge in [-0.3, -0.25) is 9.79 Å². The van der Waals surface area contributed by atoms with E-state index in [0.29, 0.717) is 28.1 Å². The highest BCUT2D eigenvalue weighted by Gasteiger charge is 2.19. The number of nitrogens with one attached hydrogen (secondary N) is 1. The van der Waals surface area contributed by atoms with Crippen molar-refractivity contribution in [2.75, 3.05) is 12.3 Å². The van der Waals surface area contributed by atoms with Gasteiger partial charge in [0, 0.05) is 30.1 Å². The van der Waals surface area contributed by atoms with E-state index in [9.17, 15) is 4.79 Å². The average molecular weight is 363 g/mol. The highest BCUT2D eigenvalue weighted by molar-refractivity contribution is 6.07. The van der Waals surface area contributed by atoms with Crippen LogP contribution in [0.4, 0.5) is 5.82 Å². The number of carbonyl (C=O) groups excluding carboxylic acids is 1. The standard InChI is InChI=1S/C19H21N7O/c1-11(2)26-18-15(17(20)22-10-23-18)16(25-26)12-5-3-6-13(9-12)19(27)24-14-7-4-8-21-14/h3,5-6,9-11H,4,7-8H2,1-2H3,(H2,20,22,23)(H,21,24,27). The number of amides is 1. The highest BCUT2D eigenvalue weighted by atomic mass is 16.1. The van der Waals surface area contributed by atoms with E-state index in [1.165, 1.54) is 6.33 Å². The fourth-order valence-electron chi connectivity index (χ4n) is 3.21. The SMILES string of the molecule is CC(C)n1nc(-c2cccc(C(=O)NC3=NCCC3)c2)c2c(N)ncnc21. The molecule has 0 radical (unpaired) electrons. The summed E-state index contributed by atoms with van der Waals surface area (Å²) in [5.41, 5.74) is 8.81. The number of anilines is 1. The van der Waals surface area contributed by atoms with Crippen molar-refractivity contribution in [3.05, 3.63) is 36.2 Å². The van der Waals surface area contributed by atoms with Crippen molar-refractivity contribution < 1.29 is 4.79 Å². The summed E-state index contributed by atoms with van der Waals surface area (Å²) in [7, 11) is 0. The van der Waals surface area contributed by atoms with E-state index < -0.39 is 0 Å². The Balaban J connectivity index is 1.77. The topological polar surface area (TPSA) is 111 Å². The predicted octanol–water partition coefficient (Wildman–Crippen LogP) is 2.58. The zero-order chi connectivity index (χ0) is 19.0. The number of nitrogens with two attached hydrogens (primary N) is 1. The van der Waals surface area contributed by atoms with E-state index >= 15 is 0 Å². The van der Waals surface area contributed by atoms with Gasteiger partial charge < -0.3 is 11.1 Å². The van der Waals surface area contributed by atoms with Crippen molar-refractivity contribution in [1.82, 2.24) is 25.1 Å². The average Bonchev–Trinajstić information content (AvgIpc) is 3.30. The molecule has 0 spiro atoms. The van der Waals surface area contributed by atoms with Gasteiger partial charge >= 0.3 is 0 Å². The highest BCUT2D eigenvalue weighted by Crippen LogP contribution is 2.31. The molecule has 0 unspecified atom stereocenters. The normalized spacial score (nSPS) is 14.0. The van der Waals surface area contributed by atoms with E-state index in [0.717, 1.165) is 30.8 Å². The lowest BCUT2D eigenvalue weighted by Gasteiger charge is -2.06. The van der Waals surface area contributed by atoms with E-state index in [4.69, 9.17) is 10.8 Å². The molecule has 0 saturated heterocycles. The van der Waals surface area contributed by atoms with Crippen molar-refractivity contribution in [2.24, 2.45) is 4.99 Å². The summed E-state index contributed by atoms with van der Waals surface area (Å²) in [6, 6.07) is 7.44. The number of nitrogens with zero attached hydrogens (tertiary/aromatic N) is 5. The molecule has 2 aromatic heterocycles. The van der Waals surface area contributed by atoms with Crippen molar-refractivity contribution in [3.63, 3.8) is 0 Å². The Morgan fingerprint density at radius 2 is 2.15 bits per heavy atom. The summed E-state index contributed by atoms with van der Waals surface area (Å²) in [5.74, 6) is 0.948. The number of hydrogen-bond donors (Lipinski definition) is 2. The molecule has 1 aromatic carbocycles. The number of aliphatic imine (C=N–C) groups is 1. The molecule has 8 nitrogen and oxygen atoms in total. The first kappa shape index (κ1) is 17.1. The lowest BCUT2D eigenvalue weighted by atomic mass is 10.1. The second-order valence-corrected chi connectivity index (χ2v) is 6.81. The smallest absolute Gasteiger partial charge is 0.256 e. The summed E-state index contributed by atoms with van der Waals surface area (Å²) in [6.07, 6.45) is 3.23. The van der Waals surface area contributed by atoms with Gasteiger partial charge in [-0.25, -0.2) is 14.6 Å². The maximum Gasteiger partial charge on any atom is 0.256 e. The Morgan fingerprint density at radius 3 is 2.89 bits per heavy atom. The molecule has 0 saturated carbocycles. The van der Waals surface area contributed by atoms with Crippen LogP contribution in [0, 0.1) is 0 Å². The maximum absolute atomic E-state index is 12.6. The quantitative estimate of drug-likeness (QED) is 0.743. The Kier molecular flexibility index (Phi) is 4.31. The van der Waals surface area contributed by atoms with Crippen LogP contribution in [0.2, 0.25) is 0 Å². The molecule has 1 aliphatic rings. The van der Waals surface area contributed by atoms with Gasteiger partial charge in [0.15, 0.2) is 5.65 Å². The minimum Gasteiger partial charge on any atom is -0.383 e. The van der Waals surface area contributed by atoms with Gasteiger partial charge in [-0.15, -0.1) is 0 Å². The number of aromatic nitrogens is 4. The minimum absolute atomic E-state index is 0.113. The van der Waals surface area contributed by atoms with Crippen molar-refractivity contribution in [1.29, 1.82) is 0 Å². The lowest BCUT2D eigenvalue weighted by molar-refractivity contribution is 0.0976. The number of hydrogen-bond acceptors (Lipinski definition) is 6. The molecule has 8 heteroatoms. The Hall–Kier alpha value is -3.29. The number of benzene rings is 1. The van der Waals surface area contributed by atoms with Gasteiger partial charge in [-0.05, 0) is 32.4 Å². The molecular weight excluding hydrogens is 342 g/mol. The molecule has 1 amide bonds. The zero-order valence-electron chi connectivity index (χ0n) is 15.3. The zero-order valence-corrected chi connectivity index (χ0v) is 15.3. The number of amidine groups is 1. The molecule has 3 aromatic rings. The molecule has 27 heavy (non-hydrogen) atoms. The Morgan fingerprint density at radius 1 is 1.30 bits per heavy atom. The number of rotatable bonds is 3. The van der Waals surface area contributed by atoms with E-state index in [1.807, 2.05) is 36.7 Å². The van der Waals surface area contributed by atoms with Crippen LogP contribution in [0.1, 0.15) is 43.1 Å². The third kappa shape index (κ3) is 3.14. The minimum atomic E-state index is -0.172. The predicted molar refractivity (Wildman–Crippen MR) is 105 cm³/mol. The second kappa shape index (κ2) is 6.79. The van der Waals surface area contributed by atoms with Crippen molar-refractivity contribution in [2.45, 2.75) is 32.7 Å². The van der Waals surface area contributed by atoms with Gasteiger partial charge in [-0.1, -0.05) is 12.1 Å². The van der Waals surface area contributed by atoms with Gasteiger partial charge in [0.05, 0.1) is 5.39 Å². The molecular formula is C19H21N7O. The summed E-state index contributed by atoms with van der Waals surface area (Å²) in [6.45, 7) is 4.83. The summed E-state index contributed by atoms with van der Waals surface area (Å²) >= 11 is 0. The lowest BCUT2D eigenvalue weighted by Crippen LogP contribution is -2.29. The molecule has 3 heterocycles. The van der Waals surface area contributed by atoms with Crippen LogP contribution in [-0.2, 0) is 0 Å². The Bertz CT molecular complexity index is 1050. The van der Waals surface area contributed by atoms with Crippen LogP contribution in [0.5, 0.6) is 0 Å². The summed E-state index contributed by atoms with van der Waals surface area (Å²) in [5, 5.41) is 8.28. The van der Waals surface area contributed by atoms with Crippen molar-refractivity contribution in [3.8, 4) is 11.3 Å². The number of carbonyl (C=O) groups is 1. The van der Waals surface area contributed by atoms with Crippen LogP contribution in [-0.4, -0.2) is 38.0 Å². The van der Waals surface area contributed by atoms with Crippen LogP contribution in [0.15, 0.2) is 35.6 Å².